The molecule has 3 amide bonds. The summed E-state index contributed by atoms with van der Waals surface area (Å²) in [6, 6.07) is 26.1. The van der Waals surface area contributed by atoms with Crippen LogP contribution >= 0.6 is 0 Å². The number of hydrogen-bond acceptors (Lipinski definition) is 7. The molecule has 7 rings (SSSR count). The second-order valence-electron chi connectivity index (χ2n) is 11.2. The van der Waals surface area contributed by atoms with Gasteiger partial charge in [-0.2, -0.15) is 5.10 Å². The molecule has 228 valence electrons. The van der Waals surface area contributed by atoms with Crippen LogP contribution in [0.3, 0.4) is 0 Å². The van der Waals surface area contributed by atoms with E-state index < -0.39 is 0 Å². The van der Waals surface area contributed by atoms with E-state index in [1.54, 1.807) is 0 Å². The van der Waals surface area contributed by atoms with Crippen molar-refractivity contribution < 1.29 is 14.3 Å². The molecule has 2 aromatic heterocycles. The van der Waals surface area contributed by atoms with Gasteiger partial charge in [0.2, 0.25) is 0 Å². The van der Waals surface area contributed by atoms with Crippen molar-refractivity contribution in [2.75, 3.05) is 54.9 Å². The van der Waals surface area contributed by atoms with Gasteiger partial charge in [-0.25, -0.2) is 19.4 Å². The number of urea groups is 1. The van der Waals surface area contributed by atoms with Crippen molar-refractivity contribution in [3.63, 3.8) is 0 Å². The highest BCUT2D eigenvalue weighted by Gasteiger charge is 2.28. The number of fused-ring (bicyclic) bond motifs is 1. The van der Waals surface area contributed by atoms with Crippen LogP contribution in [0.2, 0.25) is 0 Å². The SMILES string of the molecule is O=C(Nc1ccccc1)Nc1ccc(-c2nc(N3CCOCC3)c3cnn(C4CCN(C(=O)c5ccccc5)CC4)c3n2)cc1. The van der Waals surface area contributed by atoms with Crippen LogP contribution in [0.15, 0.2) is 91.1 Å². The zero-order valence-corrected chi connectivity index (χ0v) is 24.8. The number of aromatic nitrogens is 4. The Labute approximate surface area is 260 Å². The summed E-state index contributed by atoms with van der Waals surface area (Å²) in [6.07, 6.45) is 3.43. The summed E-state index contributed by atoms with van der Waals surface area (Å²) in [4.78, 5) is 39.7. The first kappa shape index (κ1) is 28.5. The minimum Gasteiger partial charge on any atom is -0.378 e. The number of likely N-dealkylation sites (tertiary alicyclic amines) is 1. The first-order valence-electron chi connectivity index (χ1n) is 15.3. The molecule has 0 spiro atoms. The van der Waals surface area contributed by atoms with Crippen LogP contribution in [0.25, 0.3) is 22.4 Å². The molecule has 11 heteroatoms. The van der Waals surface area contributed by atoms with E-state index >= 15 is 0 Å². The Morgan fingerprint density at radius 3 is 2.09 bits per heavy atom. The maximum atomic E-state index is 13.0. The molecule has 2 aliphatic rings. The Morgan fingerprint density at radius 2 is 1.40 bits per heavy atom. The van der Waals surface area contributed by atoms with Crippen LogP contribution in [0, 0.1) is 0 Å². The van der Waals surface area contributed by atoms with Crippen LogP contribution in [-0.2, 0) is 4.74 Å². The van der Waals surface area contributed by atoms with Gasteiger partial charge in [-0.05, 0) is 61.4 Å². The molecule has 0 radical (unpaired) electrons. The second kappa shape index (κ2) is 12.7. The molecule has 2 fully saturated rings. The number of amides is 3. The lowest BCUT2D eigenvalue weighted by atomic mass is 10.0. The molecule has 3 aromatic carbocycles. The highest BCUT2D eigenvalue weighted by molar-refractivity contribution is 6.00. The van der Waals surface area contributed by atoms with Gasteiger partial charge in [-0.15, -0.1) is 0 Å². The fourth-order valence-electron chi connectivity index (χ4n) is 5.92. The molecule has 11 nitrogen and oxygen atoms in total. The molecular formula is C34H34N8O3. The topological polar surface area (TPSA) is 118 Å². The molecule has 4 heterocycles. The molecule has 5 aromatic rings. The lowest BCUT2D eigenvalue weighted by Gasteiger charge is -2.32. The Bertz CT molecular complexity index is 1780. The maximum Gasteiger partial charge on any atom is 0.323 e. The Balaban J connectivity index is 1.13. The number of para-hydroxylation sites is 1. The average molecular weight is 603 g/mol. The maximum absolute atomic E-state index is 13.0. The molecule has 0 saturated carbocycles. The summed E-state index contributed by atoms with van der Waals surface area (Å²) >= 11 is 0. The second-order valence-corrected chi connectivity index (χ2v) is 11.2. The first-order valence-corrected chi connectivity index (χ1v) is 15.3. The molecule has 0 bridgehead atoms. The Morgan fingerprint density at radius 1 is 0.756 bits per heavy atom. The number of benzene rings is 3. The Hall–Kier alpha value is -5.29. The summed E-state index contributed by atoms with van der Waals surface area (Å²) in [5.74, 6) is 1.49. The summed E-state index contributed by atoms with van der Waals surface area (Å²) in [5, 5.41) is 11.4. The van der Waals surface area contributed by atoms with E-state index in [2.05, 4.69) is 15.5 Å². The monoisotopic (exact) mass is 602 g/mol. The van der Waals surface area contributed by atoms with E-state index in [0.717, 1.165) is 48.3 Å². The van der Waals surface area contributed by atoms with Crippen molar-refractivity contribution in [2.24, 2.45) is 0 Å². The van der Waals surface area contributed by atoms with Crippen molar-refractivity contribution in [3.8, 4) is 11.4 Å². The lowest BCUT2D eigenvalue weighted by Crippen LogP contribution is -2.39. The largest absolute Gasteiger partial charge is 0.378 e. The summed E-state index contributed by atoms with van der Waals surface area (Å²) in [6.45, 7) is 4.04. The summed E-state index contributed by atoms with van der Waals surface area (Å²) < 4.78 is 7.63. The molecule has 0 unspecified atom stereocenters. The number of hydrogen-bond donors (Lipinski definition) is 2. The fourth-order valence-corrected chi connectivity index (χ4v) is 5.92. The average Bonchev–Trinajstić information content (AvgIpc) is 3.53. The molecule has 2 aliphatic heterocycles. The van der Waals surface area contributed by atoms with Gasteiger partial charge in [0.25, 0.3) is 5.91 Å². The third-order valence-corrected chi connectivity index (χ3v) is 8.30. The zero-order chi connectivity index (χ0) is 30.6. The number of rotatable bonds is 6. The highest BCUT2D eigenvalue weighted by Crippen LogP contribution is 2.32. The van der Waals surface area contributed by atoms with Crippen LogP contribution in [-0.4, -0.2) is 76.0 Å². The smallest absolute Gasteiger partial charge is 0.323 e. The Kier molecular flexibility index (Phi) is 8.07. The summed E-state index contributed by atoms with van der Waals surface area (Å²) in [7, 11) is 0. The van der Waals surface area contributed by atoms with Gasteiger partial charge in [-0.1, -0.05) is 36.4 Å². The predicted molar refractivity (Wildman–Crippen MR) is 173 cm³/mol. The van der Waals surface area contributed by atoms with E-state index in [1.165, 1.54) is 0 Å². The third-order valence-electron chi connectivity index (χ3n) is 8.30. The van der Waals surface area contributed by atoms with Gasteiger partial charge >= 0.3 is 6.03 Å². The molecule has 2 N–H and O–H groups in total. The number of ether oxygens (including phenoxy) is 1. The quantitative estimate of drug-likeness (QED) is 0.265. The molecule has 45 heavy (non-hydrogen) atoms. The van der Waals surface area contributed by atoms with Crippen LogP contribution in [0.1, 0.15) is 29.2 Å². The van der Waals surface area contributed by atoms with Crippen LogP contribution < -0.4 is 15.5 Å². The van der Waals surface area contributed by atoms with Crippen molar-refractivity contribution in [3.05, 3.63) is 96.7 Å². The van der Waals surface area contributed by atoms with E-state index in [9.17, 15) is 9.59 Å². The highest BCUT2D eigenvalue weighted by atomic mass is 16.5. The minimum atomic E-state index is -0.318. The predicted octanol–water partition coefficient (Wildman–Crippen LogP) is 5.45. The fraction of sp³-hybridized carbons (Fsp3) is 0.265. The van der Waals surface area contributed by atoms with E-state index in [1.807, 2.05) is 101 Å². The van der Waals surface area contributed by atoms with Crippen LogP contribution in [0.4, 0.5) is 22.0 Å². The van der Waals surface area contributed by atoms with Crippen molar-refractivity contribution in [1.82, 2.24) is 24.6 Å². The molecule has 0 aliphatic carbocycles. The van der Waals surface area contributed by atoms with Gasteiger partial charge in [-0.3, -0.25) is 4.79 Å². The van der Waals surface area contributed by atoms with Gasteiger partial charge in [0.15, 0.2) is 11.5 Å². The number of carbonyl (C=O) groups excluding carboxylic acids is 2. The lowest BCUT2D eigenvalue weighted by molar-refractivity contribution is 0.0691. The van der Waals surface area contributed by atoms with E-state index in [0.29, 0.717) is 49.1 Å². The van der Waals surface area contributed by atoms with E-state index in [-0.39, 0.29) is 18.0 Å². The van der Waals surface area contributed by atoms with Crippen molar-refractivity contribution in [1.29, 1.82) is 0 Å². The van der Waals surface area contributed by atoms with Gasteiger partial charge in [0.05, 0.1) is 30.8 Å². The van der Waals surface area contributed by atoms with Gasteiger partial charge in [0.1, 0.15) is 5.82 Å². The normalized spacial score (nSPS) is 15.6. The van der Waals surface area contributed by atoms with Crippen molar-refractivity contribution in [2.45, 2.75) is 18.9 Å². The molecule has 0 atom stereocenters. The zero-order valence-electron chi connectivity index (χ0n) is 24.8. The summed E-state index contributed by atoms with van der Waals surface area (Å²) in [5.41, 5.74) is 3.69. The van der Waals surface area contributed by atoms with E-state index in [4.69, 9.17) is 19.8 Å². The number of carbonyl (C=O) groups is 2. The molecular weight excluding hydrogens is 568 g/mol. The number of nitrogens with one attached hydrogen (secondary N) is 2. The number of nitrogens with zero attached hydrogens (tertiary/aromatic N) is 6. The standard InChI is InChI=1S/C34H34N8O3/c43-33(25-7-3-1-4-8-25)41-17-15-28(16-18-41)42-32-29(23-35-42)31(40-19-21-45-22-20-40)38-30(39-32)24-11-13-27(14-12-24)37-34(44)36-26-9-5-2-6-10-26/h1-14,23,28H,15-22H2,(H2,36,37,44). The van der Waals surface area contributed by atoms with Gasteiger partial charge in [0, 0.05) is 48.7 Å². The van der Waals surface area contributed by atoms with Crippen molar-refractivity contribution >= 4 is 40.2 Å². The molecule has 2 saturated heterocycles. The van der Waals surface area contributed by atoms with Crippen LogP contribution in [0.5, 0.6) is 0 Å². The number of piperidine rings is 1. The minimum absolute atomic E-state index is 0.0640. The number of anilines is 3. The van der Waals surface area contributed by atoms with Gasteiger partial charge < -0.3 is 25.2 Å². The number of morpholine rings is 1. The first-order chi connectivity index (χ1) is 22.1. The third kappa shape index (κ3) is 6.20.